The van der Waals surface area contributed by atoms with E-state index in [-0.39, 0.29) is 5.92 Å². The van der Waals surface area contributed by atoms with Crippen molar-refractivity contribution < 1.29 is 0 Å². The van der Waals surface area contributed by atoms with Gasteiger partial charge in [0, 0.05) is 21.1 Å². The highest BCUT2D eigenvalue weighted by Gasteiger charge is 2.21. The van der Waals surface area contributed by atoms with Gasteiger partial charge in [-0.3, -0.25) is 19.2 Å². The van der Waals surface area contributed by atoms with Crippen LogP contribution in [-0.2, 0) is 0 Å². The summed E-state index contributed by atoms with van der Waals surface area (Å²) in [6, 6.07) is 5.63. The van der Waals surface area contributed by atoms with E-state index in [1.54, 1.807) is 18.4 Å². The van der Waals surface area contributed by atoms with Crippen molar-refractivity contribution >= 4 is 33.3 Å². The number of benzene rings is 3. The number of fused-ring (bicyclic) bond motifs is 2. The topological polar surface area (TPSA) is 68.3 Å². The molecule has 0 heterocycles. The first-order valence-electron chi connectivity index (χ1n) is 7.19. The minimum Gasteiger partial charge on any atom is -0.286 e. The first kappa shape index (κ1) is 15.6. The molecule has 3 aromatic rings. The average Bonchev–Trinajstić information content (AvgIpc) is 2.52. The van der Waals surface area contributed by atoms with Gasteiger partial charge >= 0.3 is 0 Å². The molecule has 0 fully saturated rings. The van der Waals surface area contributed by atoms with Crippen molar-refractivity contribution in [3.05, 3.63) is 70.7 Å². The van der Waals surface area contributed by atoms with Gasteiger partial charge in [0.25, 0.3) is 0 Å². The van der Waals surface area contributed by atoms with Gasteiger partial charge in [-0.15, -0.1) is 11.8 Å². The molecule has 0 saturated heterocycles. The monoisotopic (exact) mass is 326 g/mol. The Hall–Kier alpha value is -2.27. The fourth-order valence-electron chi connectivity index (χ4n) is 3.11. The minimum atomic E-state index is -0.565. The van der Waals surface area contributed by atoms with Crippen LogP contribution < -0.4 is 21.7 Å². The van der Waals surface area contributed by atoms with Crippen molar-refractivity contribution in [2.24, 2.45) is 0 Å². The molecule has 0 radical (unpaired) electrons. The van der Waals surface area contributed by atoms with Gasteiger partial charge in [0.1, 0.15) is 0 Å². The van der Waals surface area contributed by atoms with Crippen LogP contribution in [0.2, 0.25) is 0 Å². The van der Waals surface area contributed by atoms with E-state index in [1.165, 1.54) is 23.9 Å². The van der Waals surface area contributed by atoms with Gasteiger partial charge in [-0.2, -0.15) is 0 Å². The molecule has 3 rings (SSSR count). The predicted octanol–water partition coefficient (Wildman–Crippen LogP) is 2.15. The van der Waals surface area contributed by atoms with E-state index in [1.807, 2.05) is 13.8 Å². The fourth-order valence-corrected chi connectivity index (χ4v) is 3.91. The molecule has 116 valence electrons. The lowest BCUT2D eigenvalue weighted by molar-refractivity contribution is 0.884. The van der Waals surface area contributed by atoms with E-state index in [9.17, 15) is 19.2 Å². The van der Waals surface area contributed by atoms with E-state index in [0.29, 0.717) is 32.0 Å². The summed E-state index contributed by atoms with van der Waals surface area (Å²) in [4.78, 5) is 49.1. The van der Waals surface area contributed by atoms with Gasteiger partial charge in [0.05, 0.1) is 0 Å². The molecular weight excluding hydrogens is 312 g/mol. The standard InChI is InChI=1S/C18H14O4S/c1-8(2)13-9-4-6-12(20)17(22)15(9)18(23-3)10-5-7-11(19)16(21)14(10)13/h4-8H,1-3H3. The molecule has 0 spiro atoms. The van der Waals surface area contributed by atoms with Gasteiger partial charge < -0.3 is 0 Å². The van der Waals surface area contributed by atoms with Crippen molar-refractivity contribution in [3.8, 4) is 0 Å². The second-order valence-electron chi connectivity index (χ2n) is 5.73. The average molecular weight is 326 g/mol. The second kappa shape index (κ2) is 5.42. The third-order valence-electron chi connectivity index (χ3n) is 4.06. The first-order chi connectivity index (χ1) is 10.9. The lowest BCUT2D eigenvalue weighted by Crippen LogP contribution is -2.26. The summed E-state index contributed by atoms with van der Waals surface area (Å²) >= 11 is 1.31. The maximum Gasteiger partial charge on any atom is 0.234 e. The van der Waals surface area contributed by atoms with Crippen molar-refractivity contribution in [1.82, 2.24) is 0 Å². The van der Waals surface area contributed by atoms with Crippen LogP contribution in [0.1, 0.15) is 25.3 Å². The molecule has 0 aromatic heterocycles. The fraction of sp³-hybridized carbons (Fsp3) is 0.222. The molecule has 5 heteroatoms. The quantitative estimate of drug-likeness (QED) is 0.410. The van der Waals surface area contributed by atoms with Crippen molar-refractivity contribution in [2.45, 2.75) is 24.7 Å². The van der Waals surface area contributed by atoms with Crippen molar-refractivity contribution in [3.63, 3.8) is 0 Å². The zero-order valence-corrected chi connectivity index (χ0v) is 13.7. The molecule has 0 amide bonds. The maximum absolute atomic E-state index is 12.5. The molecule has 0 N–H and O–H groups in total. The van der Waals surface area contributed by atoms with Crippen LogP contribution in [-0.4, -0.2) is 6.26 Å². The van der Waals surface area contributed by atoms with E-state index in [4.69, 9.17) is 0 Å². The smallest absolute Gasteiger partial charge is 0.234 e. The van der Waals surface area contributed by atoms with Crippen LogP contribution in [0.4, 0.5) is 0 Å². The lowest BCUT2D eigenvalue weighted by atomic mass is 9.89. The zero-order chi connectivity index (χ0) is 16.9. The summed E-state index contributed by atoms with van der Waals surface area (Å²) in [5, 5.41) is 1.87. The Morgan fingerprint density at radius 1 is 0.783 bits per heavy atom. The van der Waals surface area contributed by atoms with E-state index >= 15 is 0 Å². The third kappa shape index (κ3) is 2.15. The SMILES string of the molecule is CSc1c2ccc(=O)c(=O)c2c(C(C)C)c2ccc(=O)c(=O)c12. The van der Waals surface area contributed by atoms with Crippen molar-refractivity contribution in [2.75, 3.05) is 6.26 Å². The highest BCUT2D eigenvalue weighted by molar-refractivity contribution is 7.99. The minimum absolute atomic E-state index is 0.0673. The highest BCUT2D eigenvalue weighted by Crippen LogP contribution is 2.37. The molecular formula is C18H14O4S. The largest absolute Gasteiger partial charge is 0.286 e. The molecule has 0 aliphatic heterocycles. The summed E-state index contributed by atoms with van der Waals surface area (Å²) < 4.78 is 0. The highest BCUT2D eigenvalue weighted by atomic mass is 32.2. The maximum atomic E-state index is 12.5. The molecule has 0 unspecified atom stereocenters. The van der Waals surface area contributed by atoms with E-state index in [0.717, 1.165) is 0 Å². The summed E-state index contributed by atoms with van der Waals surface area (Å²) in [6.07, 6.45) is 1.79. The Morgan fingerprint density at radius 2 is 1.30 bits per heavy atom. The Kier molecular flexibility index (Phi) is 3.68. The molecule has 23 heavy (non-hydrogen) atoms. The number of hydrogen-bond acceptors (Lipinski definition) is 5. The summed E-state index contributed by atoms with van der Waals surface area (Å²) in [5.41, 5.74) is -1.58. The third-order valence-corrected chi connectivity index (χ3v) is 4.89. The Balaban J connectivity index is 2.85. The molecule has 0 saturated carbocycles. The normalized spacial score (nSPS) is 11.7. The lowest BCUT2D eigenvalue weighted by Gasteiger charge is -2.16. The number of hydrogen-bond donors (Lipinski definition) is 0. The molecule has 0 atom stereocenters. The molecule has 0 aliphatic carbocycles. The summed E-state index contributed by atoms with van der Waals surface area (Å²) in [5.74, 6) is -0.0673. The summed E-state index contributed by atoms with van der Waals surface area (Å²) in [6.45, 7) is 3.80. The Labute approximate surface area is 135 Å². The van der Waals surface area contributed by atoms with Crippen LogP contribution in [0.3, 0.4) is 0 Å². The van der Waals surface area contributed by atoms with Crippen LogP contribution >= 0.6 is 11.8 Å². The molecule has 4 nitrogen and oxygen atoms in total. The zero-order valence-electron chi connectivity index (χ0n) is 12.9. The van der Waals surface area contributed by atoms with E-state index < -0.39 is 21.7 Å². The van der Waals surface area contributed by atoms with Crippen molar-refractivity contribution in [1.29, 1.82) is 0 Å². The molecule has 0 bridgehead atoms. The number of rotatable bonds is 2. The predicted molar refractivity (Wildman–Crippen MR) is 94.8 cm³/mol. The first-order valence-corrected chi connectivity index (χ1v) is 8.42. The van der Waals surface area contributed by atoms with Gasteiger partial charge in [0.15, 0.2) is 0 Å². The second-order valence-corrected chi connectivity index (χ2v) is 6.55. The van der Waals surface area contributed by atoms with Gasteiger partial charge in [-0.25, -0.2) is 0 Å². The summed E-state index contributed by atoms with van der Waals surface area (Å²) in [7, 11) is 0. The van der Waals surface area contributed by atoms with E-state index in [2.05, 4.69) is 0 Å². The Bertz CT molecular complexity index is 1150. The number of thioether (sulfide) groups is 1. The van der Waals surface area contributed by atoms with Crippen LogP contribution in [0.15, 0.2) is 48.3 Å². The van der Waals surface area contributed by atoms with Gasteiger partial charge in [-0.05, 0) is 47.4 Å². The van der Waals surface area contributed by atoms with Crippen LogP contribution in [0, 0.1) is 0 Å². The molecule has 3 aromatic carbocycles. The van der Waals surface area contributed by atoms with Crippen LogP contribution in [0.5, 0.6) is 0 Å². The molecule has 0 aliphatic rings. The van der Waals surface area contributed by atoms with Crippen LogP contribution in [0.25, 0.3) is 21.5 Å². The Morgan fingerprint density at radius 3 is 1.83 bits per heavy atom. The van der Waals surface area contributed by atoms with Gasteiger partial charge in [-0.1, -0.05) is 13.8 Å². The van der Waals surface area contributed by atoms with Gasteiger partial charge in [0.2, 0.25) is 21.7 Å².